The van der Waals surface area contributed by atoms with Crippen molar-refractivity contribution >= 4 is 17.6 Å². The van der Waals surface area contributed by atoms with Crippen LogP contribution in [0.3, 0.4) is 0 Å². The molecular formula is C10H11NO6. The van der Waals surface area contributed by atoms with Gasteiger partial charge in [0.1, 0.15) is 6.10 Å². The Bertz CT molecular complexity index is 458. The van der Waals surface area contributed by atoms with E-state index in [-0.39, 0.29) is 16.8 Å². The summed E-state index contributed by atoms with van der Waals surface area (Å²) in [6.07, 6.45) is -3.74. The first-order valence-electron chi connectivity index (χ1n) is 4.56. The summed E-state index contributed by atoms with van der Waals surface area (Å²) in [5.74, 6) is -2.91. The summed E-state index contributed by atoms with van der Waals surface area (Å²) < 4.78 is 0. The van der Waals surface area contributed by atoms with Gasteiger partial charge in [-0.1, -0.05) is 6.07 Å². The number of rotatable bonds is 4. The molecule has 6 N–H and O–H groups in total. The van der Waals surface area contributed by atoms with Crippen molar-refractivity contribution in [2.75, 3.05) is 5.73 Å². The van der Waals surface area contributed by atoms with E-state index < -0.39 is 24.1 Å². The van der Waals surface area contributed by atoms with Crippen LogP contribution in [0.25, 0.3) is 0 Å². The molecular weight excluding hydrogens is 230 g/mol. The topological polar surface area (TPSA) is 141 Å². The number of hydrogen-bond donors (Lipinski definition) is 5. The molecule has 7 nitrogen and oxygen atoms in total. The van der Waals surface area contributed by atoms with Gasteiger partial charge in [0.2, 0.25) is 0 Å². The number of hydrogen-bond acceptors (Lipinski definition) is 5. The maximum atomic E-state index is 10.8. The van der Waals surface area contributed by atoms with Crippen molar-refractivity contribution in [3.63, 3.8) is 0 Å². The number of benzene rings is 1. The zero-order chi connectivity index (χ0) is 13.2. The van der Waals surface area contributed by atoms with Crippen LogP contribution in [-0.4, -0.2) is 38.5 Å². The molecule has 92 valence electrons. The van der Waals surface area contributed by atoms with Crippen molar-refractivity contribution in [1.82, 2.24) is 0 Å². The van der Waals surface area contributed by atoms with Crippen molar-refractivity contribution in [1.29, 1.82) is 0 Å². The first kappa shape index (κ1) is 12.9. The van der Waals surface area contributed by atoms with Crippen molar-refractivity contribution in [3.05, 3.63) is 29.3 Å². The summed E-state index contributed by atoms with van der Waals surface area (Å²) >= 11 is 0. The normalized spacial score (nSPS) is 14.0. The predicted octanol–water partition coefficient (Wildman–Crippen LogP) is -0.554. The van der Waals surface area contributed by atoms with E-state index in [1.807, 2.05) is 0 Å². The summed E-state index contributed by atoms with van der Waals surface area (Å²) in [6.45, 7) is 0. The second kappa shape index (κ2) is 4.81. The highest BCUT2D eigenvalue weighted by Gasteiger charge is 2.26. The second-order valence-electron chi connectivity index (χ2n) is 3.38. The van der Waals surface area contributed by atoms with Crippen molar-refractivity contribution in [3.8, 4) is 0 Å². The standard InChI is InChI=1S/C10H11NO6/c11-6-2-1-4(3-5(6)9(14)15)7(12)8(13)10(16)17/h1-3,7-8,12-13H,11H2,(H,14,15)(H,16,17). The van der Waals surface area contributed by atoms with Crippen LogP contribution in [0.4, 0.5) is 5.69 Å². The molecule has 0 amide bonds. The fourth-order valence-corrected chi connectivity index (χ4v) is 1.26. The molecule has 0 aliphatic heterocycles. The van der Waals surface area contributed by atoms with Gasteiger partial charge in [0.25, 0.3) is 0 Å². The Morgan fingerprint density at radius 2 is 1.76 bits per heavy atom. The van der Waals surface area contributed by atoms with Gasteiger partial charge in [0.05, 0.1) is 5.56 Å². The number of carbonyl (C=O) groups is 2. The summed E-state index contributed by atoms with van der Waals surface area (Å²) in [4.78, 5) is 21.2. The third kappa shape index (κ3) is 2.71. The molecule has 2 atom stereocenters. The lowest BCUT2D eigenvalue weighted by Crippen LogP contribution is -2.27. The van der Waals surface area contributed by atoms with Gasteiger partial charge in [0.15, 0.2) is 6.10 Å². The van der Waals surface area contributed by atoms with Gasteiger partial charge in [-0.3, -0.25) is 0 Å². The summed E-state index contributed by atoms with van der Waals surface area (Å²) in [6, 6.07) is 3.49. The number of nitrogens with two attached hydrogens (primary N) is 1. The lowest BCUT2D eigenvalue weighted by Gasteiger charge is -2.15. The first-order chi connectivity index (χ1) is 7.84. The van der Waals surface area contributed by atoms with E-state index in [0.29, 0.717) is 0 Å². The number of aliphatic hydroxyl groups is 2. The van der Waals surface area contributed by atoms with Crippen LogP contribution in [0.2, 0.25) is 0 Å². The van der Waals surface area contributed by atoms with Crippen LogP contribution in [0.5, 0.6) is 0 Å². The second-order valence-corrected chi connectivity index (χ2v) is 3.38. The Morgan fingerprint density at radius 3 is 2.24 bits per heavy atom. The summed E-state index contributed by atoms with van der Waals surface area (Å²) in [7, 11) is 0. The van der Waals surface area contributed by atoms with Crippen LogP contribution in [0.15, 0.2) is 18.2 Å². The molecule has 0 spiro atoms. The zero-order valence-electron chi connectivity index (χ0n) is 8.57. The van der Waals surface area contributed by atoms with Crippen LogP contribution in [0, 0.1) is 0 Å². The minimum absolute atomic E-state index is 0.0155. The lowest BCUT2D eigenvalue weighted by molar-refractivity contribution is -0.153. The number of carboxylic acid groups (broad SMARTS) is 2. The van der Waals surface area contributed by atoms with Gasteiger partial charge in [-0.15, -0.1) is 0 Å². The monoisotopic (exact) mass is 241 g/mol. The average molecular weight is 241 g/mol. The van der Waals surface area contributed by atoms with Gasteiger partial charge in [-0.2, -0.15) is 0 Å². The van der Waals surface area contributed by atoms with Crippen molar-refractivity contribution < 1.29 is 30.0 Å². The van der Waals surface area contributed by atoms with E-state index in [2.05, 4.69) is 0 Å². The van der Waals surface area contributed by atoms with Crippen molar-refractivity contribution in [2.45, 2.75) is 12.2 Å². The molecule has 1 aromatic rings. The molecule has 0 saturated heterocycles. The number of nitrogen functional groups attached to an aromatic ring is 1. The molecule has 0 heterocycles. The Hall–Kier alpha value is -2.12. The SMILES string of the molecule is Nc1ccc(C(O)C(O)C(=O)O)cc1C(=O)O. The largest absolute Gasteiger partial charge is 0.479 e. The number of carboxylic acids is 2. The summed E-state index contributed by atoms with van der Waals surface area (Å²) in [5, 5.41) is 35.9. The first-order valence-corrected chi connectivity index (χ1v) is 4.56. The van der Waals surface area contributed by atoms with Crippen LogP contribution in [-0.2, 0) is 4.79 Å². The highest BCUT2D eigenvalue weighted by atomic mass is 16.4. The van der Waals surface area contributed by atoms with Gasteiger partial charge in [0, 0.05) is 5.69 Å². The van der Waals surface area contributed by atoms with Gasteiger partial charge >= 0.3 is 11.9 Å². The van der Waals surface area contributed by atoms with Crippen LogP contribution < -0.4 is 5.73 Å². The lowest BCUT2D eigenvalue weighted by atomic mass is 10.0. The zero-order valence-corrected chi connectivity index (χ0v) is 8.57. The molecule has 0 aliphatic carbocycles. The Morgan fingerprint density at radius 1 is 1.18 bits per heavy atom. The van der Waals surface area contributed by atoms with Gasteiger partial charge in [-0.05, 0) is 17.7 Å². The molecule has 0 saturated carbocycles. The molecule has 0 radical (unpaired) electrons. The minimum Gasteiger partial charge on any atom is -0.479 e. The summed E-state index contributed by atoms with van der Waals surface area (Å²) in [5.41, 5.74) is 5.07. The van der Waals surface area contributed by atoms with E-state index >= 15 is 0 Å². The number of anilines is 1. The average Bonchev–Trinajstić information content (AvgIpc) is 2.27. The van der Waals surface area contributed by atoms with Crippen LogP contribution in [0.1, 0.15) is 22.0 Å². The maximum absolute atomic E-state index is 10.8. The Balaban J connectivity index is 3.11. The predicted molar refractivity (Wildman–Crippen MR) is 56.4 cm³/mol. The molecule has 17 heavy (non-hydrogen) atoms. The highest BCUT2D eigenvalue weighted by molar-refractivity contribution is 5.93. The molecule has 0 aliphatic rings. The van der Waals surface area contributed by atoms with E-state index in [1.54, 1.807) is 0 Å². The molecule has 7 heteroatoms. The highest BCUT2D eigenvalue weighted by Crippen LogP contribution is 2.22. The molecule has 1 aromatic carbocycles. The molecule has 0 fully saturated rings. The van der Waals surface area contributed by atoms with E-state index in [9.17, 15) is 14.7 Å². The van der Waals surface area contributed by atoms with Gasteiger partial charge < -0.3 is 26.2 Å². The number of aliphatic carboxylic acids is 1. The van der Waals surface area contributed by atoms with Crippen molar-refractivity contribution in [2.24, 2.45) is 0 Å². The molecule has 0 aromatic heterocycles. The Labute approximate surface area is 95.7 Å². The molecule has 2 unspecified atom stereocenters. The smallest absolute Gasteiger partial charge is 0.337 e. The fraction of sp³-hybridized carbons (Fsp3) is 0.200. The number of aromatic carboxylic acids is 1. The van der Waals surface area contributed by atoms with E-state index in [1.165, 1.54) is 12.1 Å². The maximum Gasteiger partial charge on any atom is 0.337 e. The number of aliphatic hydroxyl groups excluding tert-OH is 2. The third-order valence-corrected chi connectivity index (χ3v) is 2.20. The van der Waals surface area contributed by atoms with E-state index in [0.717, 1.165) is 6.07 Å². The minimum atomic E-state index is -2.03. The third-order valence-electron chi connectivity index (χ3n) is 2.20. The molecule has 1 rings (SSSR count). The molecule has 0 bridgehead atoms. The Kier molecular flexibility index (Phi) is 3.66. The van der Waals surface area contributed by atoms with Crippen LogP contribution >= 0.6 is 0 Å². The quantitative estimate of drug-likeness (QED) is 0.445. The fourth-order valence-electron chi connectivity index (χ4n) is 1.26. The van der Waals surface area contributed by atoms with E-state index in [4.69, 9.17) is 21.1 Å². The van der Waals surface area contributed by atoms with Gasteiger partial charge in [-0.25, -0.2) is 9.59 Å².